The van der Waals surface area contributed by atoms with Crippen LogP contribution in [-0.2, 0) is 25.5 Å². The Morgan fingerprint density at radius 1 is 1.13 bits per heavy atom. The van der Waals surface area contributed by atoms with E-state index in [9.17, 15) is 9.59 Å². The molecule has 0 radical (unpaired) electrons. The molecule has 31 heavy (non-hydrogen) atoms. The van der Waals surface area contributed by atoms with Crippen LogP contribution in [0.3, 0.4) is 0 Å². The number of carbonyl (C=O) groups is 2. The van der Waals surface area contributed by atoms with E-state index >= 15 is 0 Å². The molecule has 8 nitrogen and oxygen atoms in total. The van der Waals surface area contributed by atoms with Gasteiger partial charge in [0.25, 0.3) is 0 Å². The molecular formula is C23H27N3O5. The van der Waals surface area contributed by atoms with Crippen molar-refractivity contribution in [2.45, 2.75) is 43.7 Å². The maximum atomic E-state index is 13.0. The first-order chi connectivity index (χ1) is 15.1. The average Bonchev–Trinajstić information content (AvgIpc) is 2.79. The summed E-state index contributed by atoms with van der Waals surface area (Å²) < 4.78 is 17.2. The highest BCUT2D eigenvalue weighted by Crippen LogP contribution is 2.33. The van der Waals surface area contributed by atoms with Crippen LogP contribution in [0.2, 0.25) is 0 Å². The van der Waals surface area contributed by atoms with Gasteiger partial charge in [0.05, 0.1) is 24.3 Å². The predicted molar refractivity (Wildman–Crippen MR) is 113 cm³/mol. The Bertz CT molecular complexity index is 895. The largest absolute Gasteiger partial charge is 0.456 e. The zero-order valence-electron chi connectivity index (χ0n) is 17.3. The van der Waals surface area contributed by atoms with E-state index in [-0.39, 0.29) is 18.1 Å². The third-order valence-corrected chi connectivity index (χ3v) is 5.76. The van der Waals surface area contributed by atoms with Gasteiger partial charge in [0.2, 0.25) is 12.3 Å². The number of nitrogens with two attached hydrogens (primary N) is 1. The van der Waals surface area contributed by atoms with Crippen molar-refractivity contribution in [2.24, 2.45) is 5.73 Å². The summed E-state index contributed by atoms with van der Waals surface area (Å²) in [5.74, 6) is -0.705. The first-order valence-electron chi connectivity index (χ1n) is 10.4. The van der Waals surface area contributed by atoms with Gasteiger partial charge in [0.1, 0.15) is 12.1 Å². The molecule has 0 aliphatic carbocycles. The predicted octanol–water partition coefficient (Wildman–Crippen LogP) is 1.26. The van der Waals surface area contributed by atoms with Crippen LogP contribution in [0.15, 0.2) is 60.7 Å². The first-order valence-corrected chi connectivity index (χ1v) is 10.4. The number of amides is 1. The number of fused-ring (bicyclic) bond motifs is 1. The van der Waals surface area contributed by atoms with Crippen molar-refractivity contribution in [3.05, 3.63) is 71.8 Å². The second-order valence-corrected chi connectivity index (χ2v) is 7.71. The molecule has 0 saturated carbocycles. The number of nitrogens with zero attached hydrogens (tertiary/aromatic N) is 1. The van der Waals surface area contributed by atoms with Gasteiger partial charge in [-0.1, -0.05) is 48.5 Å². The Morgan fingerprint density at radius 3 is 2.48 bits per heavy atom. The van der Waals surface area contributed by atoms with E-state index in [1.165, 1.54) is 0 Å². The normalized spacial score (nSPS) is 28.4. The SMILES string of the molecule is CNC(=O)C1C(OC(=O)c2ccccc2)CC2OC(N)OCC2N1Cc1ccccc1. The molecule has 4 rings (SSSR count). The van der Waals surface area contributed by atoms with Crippen molar-refractivity contribution in [1.82, 2.24) is 10.2 Å². The maximum Gasteiger partial charge on any atom is 0.338 e. The molecule has 3 N–H and O–H groups in total. The number of likely N-dealkylation sites (tertiary alicyclic amines) is 1. The number of hydrogen-bond acceptors (Lipinski definition) is 7. The fraction of sp³-hybridized carbons (Fsp3) is 0.391. The number of rotatable bonds is 5. The van der Waals surface area contributed by atoms with Gasteiger partial charge in [0, 0.05) is 20.0 Å². The molecule has 2 aliphatic rings. The Hall–Kier alpha value is -2.78. The van der Waals surface area contributed by atoms with Crippen molar-refractivity contribution in [3.8, 4) is 0 Å². The van der Waals surface area contributed by atoms with Gasteiger partial charge in [-0.2, -0.15) is 0 Å². The Labute approximate surface area is 181 Å². The van der Waals surface area contributed by atoms with Gasteiger partial charge >= 0.3 is 5.97 Å². The lowest BCUT2D eigenvalue weighted by Gasteiger charge is -2.50. The maximum absolute atomic E-state index is 13.0. The summed E-state index contributed by atoms with van der Waals surface area (Å²) in [4.78, 5) is 27.8. The van der Waals surface area contributed by atoms with Crippen LogP contribution in [-0.4, -0.2) is 61.1 Å². The van der Waals surface area contributed by atoms with Gasteiger partial charge < -0.3 is 19.5 Å². The van der Waals surface area contributed by atoms with Crippen molar-refractivity contribution in [2.75, 3.05) is 13.7 Å². The van der Waals surface area contributed by atoms with Crippen molar-refractivity contribution in [3.63, 3.8) is 0 Å². The van der Waals surface area contributed by atoms with Crippen molar-refractivity contribution in [1.29, 1.82) is 0 Å². The summed E-state index contributed by atoms with van der Waals surface area (Å²) in [7, 11) is 1.58. The number of benzene rings is 2. The van der Waals surface area contributed by atoms with Crippen LogP contribution in [0.1, 0.15) is 22.3 Å². The lowest BCUT2D eigenvalue weighted by molar-refractivity contribution is -0.261. The van der Waals surface area contributed by atoms with E-state index in [1.807, 2.05) is 41.3 Å². The Morgan fingerprint density at radius 2 is 1.81 bits per heavy atom. The number of nitrogens with one attached hydrogen (secondary N) is 1. The number of likely N-dealkylation sites (N-methyl/N-ethyl adjacent to an activating group) is 1. The quantitative estimate of drug-likeness (QED) is 0.695. The summed E-state index contributed by atoms with van der Waals surface area (Å²) >= 11 is 0. The minimum atomic E-state index is -0.846. The lowest BCUT2D eigenvalue weighted by Crippen LogP contribution is -2.68. The highest BCUT2D eigenvalue weighted by molar-refractivity contribution is 5.90. The van der Waals surface area contributed by atoms with E-state index < -0.39 is 24.5 Å². The smallest absolute Gasteiger partial charge is 0.338 e. The zero-order valence-corrected chi connectivity index (χ0v) is 17.3. The number of esters is 1. The summed E-state index contributed by atoms with van der Waals surface area (Å²) in [6.07, 6.45) is -1.53. The fourth-order valence-corrected chi connectivity index (χ4v) is 4.27. The van der Waals surface area contributed by atoms with E-state index in [1.54, 1.807) is 31.3 Å². The number of ether oxygens (including phenoxy) is 3. The molecule has 0 bridgehead atoms. The minimum Gasteiger partial charge on any atom is -0.456 e. The number of carbonyl (C=O) groups excluding carboxylic acids is 2. The molecule has 8 heteroatoms. The lowest BCUT2D eigenvalue weighted by atomic mass is 9.88. The van der Waals surface area contributed by atoms with Crippen LogP contribution in [0.25, 0.3) is 0 Å². The van der Waals surface area contributed by atoms with Gasteiger partial charge in [-0.05, 0) is 17.7 Å². The number of piperidine rings is 1. The molecule has 2 heterocycles. The molecule has 2 aliphatic heterocycles. The molecule has 2 aromatic carbocycles. The summed E-state index contributed by atoms with van der Waals surface area (Å²) in [5.41, 5.74) is 7.31. The minimum absolute atomic E-state index is 0.200. The van der Waals surface area contributed by atoms with Crippen LogP contribution >= 0.6 is 0 Å². The summed E-state index contributed by atoms with van der Waals surface area (Å²) in [6, 6.07) is 17.7. The molecule has 1 amide bonds. The fourth-order valence-electron chi connectivity index (χ4n) is 4.27. The van der Waals surface area contributed by atoms with E-state index in [4.69, 9.17) is 19.9 Å². The van der Waals surface area contributed by atoms with Gasteiger partial charge in [0.15, 0.2) is 0 Å². The van der Waals surface area contributed by atoms with E-state index in [0.717, 1.165) is 5.56 Å². The molecular weight excluding hydrogens is 398 g/mol. The van der Waals surface area contributed by atoms with Crippen LogP contribution in [0.5, 0.6) is 0 Å². The molecule has 5 atom stereocenters. The third kappa shape index (κ3) is 4.77. The molecule has 2 fully saturated rings. The monoisotopic (exact) mass is 425 g/mol. The highest BCUT2D eigenvalue weighted by atomic mass is 16.7. The standard InChI is InChI=1S/C23H27N3O5/c1-25-21(27)20-19(30-22(28)16-10-6-3-7-11-16)12-18-17(14-29-23(24)31-18)26(20)13-15-8-4-2-5-9-15/h2-11,17-20,23H,12-14,24H2,1H3,(H,25,27). The molecule has 2 saturated heterocycles. The average molecular weight is 425 g/mol. The second kappa shape index (κ2) is 9.57. The number of hydrogen-bond donors (Lipinski definition) is 2. The van der Waals surface area contributed by atoms with Crippen LogP contribution < -0.4 is 11.1 Å². The summed E-state index contributed by atoms with van der Waals surface area (Å²) in [5, 5.41) is 2.72. The van der Waals surface area contributed by atoms with Gasteiger partial charge in [-0.15, -0.1) is 0 Å². The third-order valence-electron chi connectivity index (χ3n) is 5.76. The van der Waals surface area contributed by atoms with Crippen molar-refractivity contribution < 1.29 is 23.8 Å². The zero-order chi connectivity index (χ0) is 21.8. The molecule has 5 unspecified atom stereocenters. The van der Waals surface area contributed by atoms with Gasteiger partial charge in [-0.3, -0.25) is 15.4 Å². The Kier molecular flexibility index (Phi) is 6.62. The molecule has 0 spiro atoms. The van der Waals surface area contributed by atoms with E-state index in [2.05, 4.69) is 5.32 Å². The first kappa shape index (κ1) is 21.5. The van der Waals surface area contributed by atoms with Crippen LogP contribution in [0.4, 0.5) is 0 Å². The topological polar surface area (TPSA) is 103 Å². The second-order valence-electron chi connectivity index (χ2n) is 7.71. The van der Waals surface area contributed by atoms with Crippen LogP contribution in [0, 0.1) is 0 Å². The van der Waals surface area contributed by atoms with Gasteiger partial charge in [-0.25, -0.2) is 4.79 Å². The molecule has 2 aromatic rings. The molecule has 0 aromatic heterocycles. The summed E-state index contributed by atoms with van der Waals surface area (Å²) in [6.45, 7) is 0.799. The Balaban J connectivity index is 1.65. The highest BCUT2D eigenvalue weighted by Gasteiger charge is 2.50. The van der Waals surface area contributed by atoms with Crippen molar-refractivity contribution >= 4 is 11.9 Å². The molecule has 164 valence electrons. The van der Waals surface area contributed by atoms with E-state index in [0.29, 0.717) is 25.1 Å².